The predicted octanol–water partition coefficient (Wildman–Crippen LogP) is 4.34. The van der Waals surface area contributed by atoms with Gasteiger partial charge in [-0.25, -0.2) is 4.98 Å². The van der Waals surface area contributed by atoms with E-state index < -0.39 is 0 Å². The van der Waals surface area contributed by atoms with Crippen LogP contribution in [-0.2, 0) is 6.61 Å². The van der Waals surface area contributed by atoms with Crippen molar-refractivity contribution >= 4 is 22.5 Å². The highest BCUT2D eigenvalue weighted by Gasteiger charge is 2.04. The quantitative estimate of drug-likeness (QED) is 0.722. The molecule has 0 spiro atoms. The third-order valence-electron chi connectivity index (χ3n) is 3.09. The number of halogens is 1. The molecule has 0 radical (unpaired) electrons. The van der Waals surface area contributed by atoms with Crippen LogP contribution in [-0.4, -0.2) is 4.98 Å². The minimum Gasteiger partial charge on any atom is -0.486 e. The van der Waals surface area contributed by atoms with Crippen molar-refractivity contribution in [3.63, 3.8) is 0 Å². The molecule has 0 N–H and O–H groups in total. The molecule has 0 bridgehead atoms. The van der Waals surface area contributed by atoms with Gasteiger partial charge in [0, 0.05) is 5.39 Å². The summed E-state index contributed by atoms with van der Waals surface area (Å²) >= 11 is 6.07. The molecule has 0 saturated heterocycles. The average Bonchev–Trinajstić information content (AvgIpc) is 2.53. The first-order valence-corrected chi connectivity index (χ1v) is 6.81. The maximum atomic E-state index is 8.80. The molecule has 3 nitrogen and oxygen atoms in total. The summed E-state index contributed by atoms with van der Waals surface area (Å²) in [7, 11) is 0. The predicted molar refractivity (Wildman–Crippen MR) is 82.2 cm³/mol. The van der Waals surface area contributed by atoms with Crippen LogP contribution in [0.1, 0.15) is 11.3 Å². The number of aromatic nitrogens is 1. The van der Waals surface area contributed by atoms with Crippen LogP contribution in [0.4, 0.5) is 0 Å². The Balaban J connectivity index is 1.78. The summed E-state index contributed by atoms with van der Waals surface area (Å²) in [6.07, 6.45) is 0. The summed E-state index contributed by atoms with van der Waals surface area (Å²) in [6.45, 7) is 0.330. The molecular weight excluding hydrogens is 284 g/mol. The normalized spacial score (nSPS) is 10.3. The standard InChI is InChI=1S/C17H11ClN2O/c18-15-9-12(10-19)5-8-17(15)21-11-14-7-6-13-3-1-2-4-16(13)20-14/h1-9H,11H2. The van der Waals surface area contributed by atoms with E-state index in [0.29, 0.717) is 22.9 Å². The lowest BCUT2D eigenvalue weighted by Crippen LogP contribution is -1.99. The van der Waals surface area contributed by atoms with E-state index in [1.54, 1.807) is 18.2 Å². The van der Waals surface area contributed by atoms with E-state index in [0.717, 1.165) is 16.6 Å². The highest BCUT2D eigenvalue weighted by atomic mass is 35.5. The SMILES string of the molecule is N#Cc1ccc(OCc2ccc3ccccc3n2)c(Cl)c1. The van der Waals surface area contributed by atoms with Gasteiger partial charge in [-0.2, -0.15) is 5.26 Å². The Morgan fingerprint density at radius 2 is 1.95 bits per heavy atom. The number of benzene rings is 2. The van der Waals surface area contributed by atoms with Crippen LogP contribution in [0.2, 0.25) is 5.02 Å². The lowest BCUT2D eigenvalue weighted by Gasteiger charge is -2.08. The molecule has 0 atom stereocenters. The van der Waals surface area contributed by atoms with E-state index in [9.17, 15) is 0 Å². The highest BCUT2D eigenvalue weighted by molar-refractivity contribution is 6.32. The Morgan fingerprint density at radius 1 is 1.10 bits per heavy atom. The minimum atomic E-state index is 0.330. The van der Waals surface area contributed by atoms with Crippen LogP contribution in [0, 0.1) is 11.3 Å². The van der Waals surface area contributed by atoms with Crippen LogP contribution in [0.15, 0.2) is 54.6 Å². The average molecular weight is 295 g/mol. The fourth-order valence-electron chi connectivity index (χ4n) is 2.03. The molecule has 0 saturated carbocycles. The molecule has 0 amide bonds. The van der Waals surface area contributed by atoms with Gasteiger partial charge in [0.15, 0.2) is 0 Å². The molecule has 3 aromatic rings. The molecule has 21 heavy (non-hydrogen) atoms. The second kappa shape index (κ2) is 5.82. The molecule has 2 aromatic carbocycles. The number of nitrogens with zero attached hydrogens (tertiary/aromatic N) is 2. The fraction of sp³-hybridized carbons (Fsp3) is 0.0588. The molecule has 0 aliphatic rings. The zero-order chi connectivity index (χ0) is 14.7. The molecule has 0 aliphatic carbocycles. The van der Waals surface area contributed by atoms with Gasteiger partial charge in [0.05, 0.1) is 27.9 Å². The number of para-hydroxylation sites is 1. The number of hydrogen-bond acceptors (Lipinski definition) is 3. The minimum absolute atomic E-state index is 0.330. The Kier molecular flexibility index (Phi) is 3.72. The van der Waals surface area contributed by atoms with E-state index in [-0.39, 0.29) is 0 Å². The van der Waals surface area contributed by atoms with E-state index >= 15 is 0 Å². The third kappa shape index (κ3) is 2.96. The van der Waals surface area contributed by atoms with Crippen molar-refractivity contribution in [2.45, 2.75) is 6.61 Å². The molecule has 1 aromatic heterocycles. The fourth-order valence-corrected chi connectivity index (χ4v) is 2.26. The maximum absolute atomic E-state index is 8.80. The Hall–Kier alpha value is -2.57. The van der Waals surface area contributed by atoms with Gasteiger partial charge in [-0.1, -0.05) is 35.9 Å². The van der Waals surface area contributed by atoms with Gasteiger partial charge in [0.2, 0.25) is 0 Å². The van der Waals surface area contributed by atoms with Gasteiger partial charge in [0.1, 0.15) is 12.4 Å². The van der Waals surface area contributed by atoms with Gasteiger partial charge in [-0.15, -0.1) is 0 Å². The van der Waals surface area contributed by atoms with Gasteiger partial charge < -0.3 is 4.74 Å². The van der Waals surface area contributed by atoms with Gasteiger partial charge in [-0.05, 0) is 30.3 Å². The lowest BCUT2D eigenvalue weighted by molar-refractivity contribution is 0.302. The van der Waals surface area contributed by atoms with Gasteiger partial charge in [0.25, 0.3) is 0 Å². The van der Waals surface area contributed by atoms with Crippen LogP contribution in [0.5, 0.6) is 5.75 Å². The lowest BCUT2D eigenvalue weighted by atomic mass is 10.2. The van der Waals surface area contributed by atoms with Gasteiger partial charge >= 0.3 is 0 Å². The largest absolute Gasteiger partial charge is 0.486 e. The molecule has 0 aliphatic heterocycles. The summed E-state index contributed by atoms with van der Waals surface area (Å²) in [6, 6.07) is 18.9. The van der Waals surface area contributed by atoms with Crippen molar-refractivity contribution in [2.75, 3.05) is 0 Å². The Labute approximate surface area is 127 Å². The van der Waals surface area contributed by atoms with E-state index in [1.165, 1.54) is 0 Å². The summed E-state index contributed by atoms with van der Waals surface area (Å²) in [5.74, 6) is 0.547. The number of pyridine rings is 1. The van der Waals surface area contributed by atoms with E-state index in [2.05, 4.69) is 4.98 Å². The van der Waals surface area contributed by atoms with Crippen LogP contribution >= 0.6 is 11.6 Å². The van der Waals surface area contributed by atoms with Gasteiger partial charge in [-0.3, -0.25) is 0 Å². The zero-order valence-electron chi connectivity index (χ0n) is 11.1. The first-order chi connectivity index (χ1) is 10.3. The summed E-state index contributed by atoms with van der Waals surface area (Å²) in [5.41, 5.74) is 2.27. The molecular formula is C17H11ClN2O. The van der Waals surface area contributed by atoms with Crippen molar-refractivity contribution in [2.24, 2.45) is 0 Å². The second-order valence-electron chi connectivity index (χ2n) is 4.54. The van der Waals surface area contributed by atoms with Crippen molar-refractivity contribution in [1.29, 1.82) is 5.26 Å². The number of nitriles is 1. The molecule has 4 heteroatoms. The Morgan fingerprint density at radius 3 is 2.76 bits per heavy atom. The van der Waals surface area contributed by atoms with Crippen molar-refractivity contribution < 1.29 is 4.74 Å². The number of hydrogen-bond donors (Lipinski definition) is 0. The van der Waals surface area contributed by atoms with Crippen molar-refractivity contribution in [1.82, 2.24) is 4.98 Å². The summed E-state index contributed by atoms with van der Waals surface area (Å²) in [5, 5.41) is 10.3. The first-order valence-electron chi connectivity index (χ1n) is 6.43. The number of ether oxygens (including phenoxy) is 1. The number of fused-ring (bicyclic) bond motifs is 1. The monoisotopic (exact) mass is 294 g/mol. The van der Waals surface area contributed by atoms with E-state index in [4.69, 9.17) is 21.6 Å². The number of rotatable bonds is 3. The maximum Gasteiger partial charge on any atom is 0.138 e. The second-order valence-corrected chi connectivity index (χ2v) is 4.95. The summed E-state index contributed by atoms with van der Waals surface area (Å²) in [4.78, 5) is 4.53. The molecule has 0 fully saturated rings. The molecule has 1 heterocycles. The molecule has 0 unspecified atom stereocenters. The van der Waals surface area contributed by atoms with Crippen molar-refractivity contribution in [3.8, 4) is 11.8 Å². The Bertz CT molecular complexity index is 840. The highest BCUT2D eigenvalue weighted by Crippen LogP contribution is 2.26. The van der Waals surface area contributed by atoms with E-state index in [1.807, 2.05) is 42.5 Å². The molecule has 102 valence electrons. The third-order valence-corrected chi connectivity index (χ3v) is 3.39. The first kappa shape index (κ1) is 13.4. The smallest absolute Gasteiger partial charge is 0.138 e. The van der Waals surface area contributed by atoms with Crippen LogP contribution < -0.4 is 4.74 Å². The van der Waals surface area contributed by atoms with Crippen LogP contribution in [0.25, 0.3) is 10.9 Å². The van der Waals surface area contributed by atoms with Crippen LogP contribution in [0.3, 0.4) is 0 Å². The topological polar surface area (TPSA) is 45.9 Å². The van der Waals surface area contributed by atoms with Crippen molar-refractivity contribution in [3.05, 3.63) is 70.9 Å². The molecule has 3 rings (SSSR count). The summed E-state index contributed by atoms with van der Waals surface area (Å²) < 4.78 is 5.67. The zero-order valence-corrected chi connectivity index (χ0v) is 11.8.